The summed E-state index contributed by atoms with van der Waals surface area (Å²) in [4.78, 5) is 26.1. The topological polar surface area (TPSA) is 58.6 Å². The first-order valence-corrected chi connectivity index (χ1v) is 8.74. The average molecular weight is 392 g/mol. The Morgan fingerprint density at radius 1 is 1.18 bits per heavy atom. The van der Waals surface area contributed by atoms with Crippen LogP contribution >= 0.6 is 0 Å². The maximum atomic E-state index is 14.2. The van der Waals surface area contributed by atoms with Gasteiger partial charge in [-0.05, 0) is 36.2 Å². The molecule has 1 unspecified atom stereocenters. The number of rotatable bonds is 6. The fourth-order valence-electron chi connectivity index (χ4n) is 3.16. The van der Waals surface area contributed by atoms with E-state index in [-0.39, 0.29) is 30.3 Å². The second kappa shape index (κ2) is 8.33. The summed E-state index contributed by atoms with van der Waals surface area (Å²) < 4.78 is 45.3. The number of hydrogen-bond acceptors (Lipinski definition) is 3. The first-order valence-electron chi connectivity index (χ1n) is 8.74. The van der Waals surface area contributed by atoms with Crippen LogP contribution in [0.3, 0.4) is 0 Å². The number of ether oxygens (including phenoxy) is 1. The summed E-state index contributed by atoms with van der Waals surface area (Å²) in [5.74, 6) is -3.82. The average Bonchev–Trinajstić information content (AvgIpc) is 3.00. The zero-order valence-electron chi connectivity index (χ0n) is 15.2. The lowest BCUT2D eigenvalue weighted by Crippen LogP contribution is -2.38. The van der Waals surface area contributed by atoms with E-state index in [1.807, 2.05) is 0 Å². The maximum Gasteiger partial charge on any atom is 0.254 e. The van der Waals surface area contributed by atoms with Gasteiger partial charge in [0.2, 0.25) is 5.91 Å². The summed E-state index contributed by atoms with van der Waals surface area (Å²) in [6.45, 7) is 0.710. The van der Waals surface area contributed by atoms with E-state index in [2.05, 4.69) is 10.1 Å². The first kappa shape index (κ1) is 19.7. The molecule has 0 saturated carbocycles. The molecule has 0 aromatic heterocycles. The highest BCUT2D eigenvalue weighted by Gasteiger charge is 2.31. The van der Waals surface area contributed by atoms with Gasteiger partial charge in [0, 0.05) is 19.5 Å². The van der Waals surface area contributed by atoms with E-state index in [4.69, 9.17) is 0 Å². The molecular weight excluding hydrogens is 373 g/mol. The Balaban J connectivity index is 1.59. The normalized spacial score (nSPS) is 16.4. The van der Waals surface area contributed by atoms with E-state index in [0.29, 0.717) is 13.0 Å². The molecule has 2 amide bonds. The van der Waals surface area contributed by atoms with Crippen LogP contribution in [0.25, 0.3) is 0 Å². The zero-order valence-corrected chi connectivity index (χ0v) is 15.2. The number of nitrogens with one attached hydrogen (secondary N) is 1. The van der Waals surface area contributed by atoms with Crippen molar-refractivity contribution in [3.8, 4) is 5.75 Å². The largest absolute Gasteiger partial charge is 0.491 e. The number of halogens is 3. The van der Waals surface area contributed by atoms with Crippen LogP contribution < -0.4 is 10.1 Å². The Morgan fingerprint density at radius 2 is 1.89 bits per heavy atom. The molecule has 0 radical (unpaired) electrons. The second-order valence-electron chi connectivity index (χ2n) is 6.53. The Kier molecular flexibility index (Phi) is 5.87. The number of methoxy groups -OCH3 is 1. The van der Waals surface area contributed by atoms with Gasteiger partial charge in [0.25, 0.3) is 5.91 Å². The molecule has 1 heterocycles. The van der Waals surface area contributed by atoms with Crippen LogP contribution in [0.4, 0.5) is 13.2 Å². The number of carbonyl (C=O) groups is 2. The predicted octanol–water partition coefficient (Wildman–Crippen LogP) is 2.69. The Morgan fingerprint density at radius 3 is 2.57 bits per heavy atom. The van der Waals surface area contributed by atoms with Crippen molar-refractivity contribution in [3.63, 3.8) is 0 Å². The molecular formula is C20H19F3N2O3. The van der Waals surface area contributed by atoms with E-state index < -0.39 is 29.3 Å². The molecule has 1 fully saturated rings. The molecule has 0 aliphatic carbocycles. The fraction of sp³-hybridized carbons (Fsp3) is 0.300. The number of benzene rings is 2. The monoisotopic (exact) mass is 392 g/mol. The third kappa shape index (κ3) is 4.27. The van der Waals surface area contributed by atoms with Crippen molar-refractivity contribution in [1.82, 2.24) is 10.2 Å². The summed E-state index contributed by atoms with van der Waals surface area (Å²) in [6, 6.07) is 7.52. The number of nitrogens with zero attached hydrogens (tertiary/aromatic N) is 1. The van der Waals surface area contributed by atoms with Crippen LogP contribution in [-0.2, 0) is 11.2 Å². The van der Waals surface area contributed by atoms with Crippen LogP contribution in [0.1, 0.15) is 22.3 Å². The van der Waals surface area contributed by atoms with Crippen molar-refractivity contribution in [2.24, 2.45) is 0 Å². The molecule has 8 heteroatoms. The molecule has 5 nitrogen and oxygen atoms in total. The third-order valence-electron chi connectivity index (χ3n) is 4.63. The highest BCUT2D eigenvalue weighted by Crippen LogP contribution is 2.24. The summed E-state index contributed by atoms with van der Waals surface area (Å²) in [5.41, 5.74) is 0.539. The van der Waals surface area contributed by atoms with E-state index in [9.17, 15) is 22.8 Å². The lowest BCUT2D eigenvalue weighted by Gasteiger charge is -2.17. The predicted molar refractivity (Wildman–Crippen MR) is 95.5 cm³/mol. The fourth-order valence-corrected chi connectivity index (χ4v) is 3.16. The van der Waals surface area contributed by atoms with Gasteiger partial charge in [-0.3, -0.25) is 9.59 Å². The summed E-state index contributed by atoms with van der Waals surface area (Å²) in [6.07, 6.45) is 0.644. The molecule has 1 N–H and O–H groups in total. The number of hydrogen-bond donors (Lipinski definition) is 1. The zero-order chi connectivity index (χ0) is 20.3. The van der Waals surface area contributed by atoms with Crippen LogP contribution in [0, 0.1) is 17.5 Å². The molecule has 3 rings (SSSR count). The van der Waals surface area contributed by atoms with Gasteiger partial charge in [-0.15, -0.1) is 0 Å². The van der Waals surface area contributed by atoms with Crippen LogP contribution in [0.2, 0.25) is 0 Å². The van der Waals surface area contributed by atoms with Crippen molar-refractivity contribution >= 4 is 11.8 Å². The van der Waals surface area contributed by atoms with Crippen molar-refractivity contribution < 1.29 is 27.5 Å². The standard InChI is InChI=1S/C20H19F3N2O3/c1-28-19-16(22)7-6-15(18(19)23)20(27)24-14-10-17(26)25(11-14)9-8-12-2-4-13(21)5-3-12/h2-7,14H,8-11H2,1H3,(H,24,27). The van der Waals surface area contributed by atoms with Gasteiger partial charge in [0.1, 0.15) is 5.82 Å². The molecule has 0 bridgehead atoms. The molecule has 148 valence electrons. The number of likely N-dealkylation sites (tertiary alicyclic amines) is 1. The van der Waals surface area contributed by atoms with E-state index in [0.717, 1.165) is 24.8 Å². The minimum absolute atomic E-state index is 0.0924. The number of carbonyl (C=O) groups excluding carboxylic acids is 2. The number of amides is 2. The van der Waals surface area contributed by atoms with Gasteiger partial charge >= 0.3 is 0 Å². The highest BCUT2D eigenvalue weighted by molar-refractivity contribution is 5.95. The van der Waals surface area contributed by atoms with Gasteiger partial charge in [0.15, 0.2) is 17.4 Å². The van der Waals surface area contributed by atoms with Crippen molar-refractivity contribution in [2.75, 3.05) is 20.2 Å². The van der Waals surface area contributed by atoms with Crippen molar-refractivity contribution in [3.05, 3.63) is 65.0 Å². The lowest BCUT2D eigenvalue weighted by molar-refractivity contribution is -0.127. The van der Waals surface area contributed by atoms with E-state index in [1.165, 1.54) is 12.1 Å². The molecule has 1 saturated heterocycles. The Labute approximate surface area is 160 Å². The maximum absolute atomic E-state index is 14.2. The Bertz CT molecular complexity index is 887. The molecule has 2 aromatic rings. The SMILES string of the molecule is COc1c(F)ccc(C(=O)NC2CC(=O)N(CCc3ccc(F)cc3)C2)c1F. The molecule has 2 aromatic carbocycles. The van der Waals surface area contributed by atoms with Crippen LogP contribution in [0.5, 0.6) is 5.75 Å². The van der Waals surface area contributed by atoms with Crippen molar-refractivity contribution in [2.45, 2.75) is 18.9 Å². The van der Waals surface area contributed by atoms with Gasteiger partial charge in [-0.25, -0.2) is 13.2 Å². The smallest absolute Gasteiger partial charge is 0.254 e. The van der Waals surface area contributed by atoms with E-state index in [1.54, 1.807) is 17.0 Å². The van der Waals surface area contributed by atoms with Gasteiger partial charge in [0.05, 0.1) is 18.7 Å². The van der Waals surface area contributed by atoms with Gasteiger partial charge in [-0.1, -0.05) is 12.1 Å². The van der Waals surface area contributed by atoms with E-state index >= 15 is 0 Å². The Hall–Kier alpha value is -3.03. The van der Waals surface area contributed by atoms with Gasteiger partial charge < -0.3 is 15.0 Å². The first-order chi connectivity index (χ1) is 13.4. The third-order valence-corrected chi connectivity index (χ3v) is 4.63. The summed E-state index contributed by atoms with van der Waals surface area (Å²) in [7, 11) is 1.11. The minimum Gasteiger partial charge on any atom is -0.491 e. The highest BCUT2D eigenvalue weighted by atomic mass is 19.1. The quantitative estimate of drug-likeness (QED) is 0.823. The minimum atomic E-state index is -1.09. The summed E-state index contributed by atoms with van der Waals surface area (Å²) in [5, 5.41) is 2.60. The summed E-state index contributed by atoms with van der Waals surface area (Å²) >= 11 is 0. The van der Waals surface area contributed by atoms with Gasteiger partial charge in [-0.2, -0.15) is 0 Å². The molecule has 0 spiro atoms. The van der Waals surface area contributed by atoms with Crippen LogP contribution in [-0.4, -0.2) is 43.0 Å². The molecule has 1 aliphatic rings. The van der Waals surface area contributed by atoms with Crippen molar-refractivity contribution in [1.29, 1.82) is 0 Å². The van der Waals surface area contributed by atoms with Crippen LogP contribution in [0.15, 0.2) is 36.4 Å². The second-order valence-corrected chi connectivity index (χ2v) is 6.53. The molecule has 1 atom stereocenters. The molecule has 1 aliphatic heterocycles. The lowest BCUT2D eigenvalue weighted by atomic mass is 10.1. The molecule has 28 heavy (non-hydrogen) atoms.